The van der Waals surface area contributed by atoms with Crippen LogP contribution in [-0.2, 0) is 4.79 Å². The van der Waals surface area contributed by atoms with Gasteiger partial charge in [0.2, 0.25) is 0 Å². The molecule has 5 N–H and O–H groups in total. The average molecular weight is 465 g/mol. The Bertz CT molecular complexity index is 812. The Balaban J connectivity index is 1.61. The highest BCUT2D eigenvalue weighted by molar-refractivity contribution is 5.94. The van der Waals surface area contributed by atoms with Gasteiger partial charge in [-0.15, -0.1) is 0 Å². The first-order valence-corrected chi connectivity index (χ1v) is 12.9. The molecule has 0 aromatic rings. The quantitative estimate of drug-likeness (QED) is 0.427. The summed E-state index contributed by atoms with van der Waals surface area (Å²) < 4.78 is 0. The zero-order valence-electron chi connectivity index (χ0n) is 20.9. The Morgan fingerprint density at radius 3 is 2.27 bits per heavy atom. The minimum absolute atomic E-state index is 0.0689. The molecule has 0 saturated heterocycles. The van der Waals surface area contributed by atoms with Crippen LogP contribution >= 0.6 is 0 Å². The van der Waals surface area contributed by atoms with Crippen LogP contribution in [0.3, 0.4) is 0 Å². The Morgan fingerprint density at radius 1 is 1.00 bits per heavy atom. The third kappa shape index (κ3) is 4.04. The van der Waals surface area contributed by atoms with Crippen LogP contribution in [0, 0.1) is 34.5 Å². The maximum absolute atomic E-state index is 13.2. The first-order valence-electron chi connectivity index (χ1n) is 12.9. The van der Waals surface area contributed by atoms with Gasteiger partial charge in [0.1, 0.15) is 0 Å². The van der Waals surface area contributed by atoms with Gasteiger partial charge in [-0.05, 0) is 107 Å². The molecule has 0 bridgehead atoms. The smallest absolute Gasteiger partial charge is 0.159 e. The highest BCUT2D eigenvalue weighted by Crippen LogP contribution is 2.67. The molecule has 10 atom stereocenters. The minimum atomic E-state index is -1.28. The van der Waals surface area contributed by atoms with Crippen molar-refractivity contribution in [2.75, 3.05) is 0 Å². The molecule has 4 aliphatic carbocycles. The molecule has 33 heavy (non-hydrogen) atoms. The summed E-state index contributed by atoms with van der Waals surface area (Å²) in [6.07, 6.45) is 4.21. The van der Waals surface area contributed by atoms with Gasteiger partial charge in [0, 0.05) is 5.92 Å². The van der Waals surface area contributed by atoms with Crippen LogP contribution in [0.2, 0.25) is 0 Å². The SMILES string of the molecule is CC(C)(O)CCC(O)C(C)(O)[C@H]1CCC2C3=CC(=O)[C@@H]4C[C@@H](O)[C@@H](O)C[C@]4(C)C3CC[C@@]21C. The summed E-state index contributed by atoms with van der Waals surface area (Å²) in [4.78, 5) is 13.2. The third-order valence-corrected chi connectivity index (χ3v) is 10.3. The van der Waals surface area contributed by atoms with Gasteiger partial charge >= 0.3 is 0 Å². The predicted octanol–water partition coefficient (Wildman–Crippen LogP) is 2.74. The van der Waals surface area contributed by atoms with E-state index in [2.05, 4.69) is 13.8 Å². The Kier molecular flexibility index (Phi) is 6.23. The van der Waals surface area contributed by atoms with Gasteiger partial charge in [-0.25, -0.2) is 0 Å². The number of aliphatic hydroxyl groups excluding tert-OH is 3. The number of carbonyl (C=O) groups is 1. The Labute approximate surface area is 198 Å². The second-order valence-corrected chi connectivity index (χ2v) is 13.1. The van der Waals surface area contributed by atoms with E-state index in [4.69, 9.17) is 0 Å². The number of hydrogen-bond acceptors (Lipinski definition) is 6. The normalized spacial score (nSPS) is 46.0. The zero-order valence-corrected chi connectivity index (χ0v) is 20.9. The molecule has 4 rings (SSSR count). The van der Waals surface area contributed by atoms with Crippen LogP contribution in [0.4, 0.5) is 0 Å². The molecule has 0 aromatic carbocycles. The number of fused-ring (bicyclic) bond motifs is 5. The van der Waals surface area contributed by atoms with E-state index < -0.39 is 29.5 Å². The molecule has 0 aliphatic heterocycles. The molecule has 3 fully saturated rings. The van der Waals surface area contributed by atoms with Gasteiger partial charge < -0.3 is 25.5 Å². The predicted molar refractivity (Wildman–Crippen MR) is 125 cm³/mol. The topological polar surface area (TPSA) is 118 Å². The molecule has 0 heterocycles. The van der Waals surface area contributed by atoms with Crippen molar-refractivity contribution < 1.29 is 30.3 Å². The number of aliphatic hydroxyl groups is 5. The molecule has 0 aromatic heterocycles. The van der Waals surface area contributed by atoms with Crippen LogP contribution in [0.5, 0.6) is 0 Å². The average Bonchev–Trinajstić information content (AvgIpc) is 3.06. The van der Waals surface area contributed by atoms with Crippen LogP contribution < -0.4 is 0 Å². The summed E-state index contributed by atoms with van der Waals surface area (Å²) in [5.74, 6) is 0.0783. The summed E-state index contributed by atoms with van der Waals surface area (Å²) in [6.45, 7) is 9.49. The molecule has 3 saturated carbocycles. The molecule has 4 aliphatic rings. The van der Waals surface area contributed by atoms with Crippen molar-refractivity contribution in [3.63, 3.8) is 0 Å². The van der Waals surface area contributed by atoms with Gasteiger partial charge in [0.05, 0.1) is 29.5 Å². The Hall–Kier alpha value is -0.790. The van der Waals surface area contributed by atoms with Crippen LogP contribution in [0.25, 0.3) is 0 Å². The monoisotopic (exact) mass is 464 g/mol. The van der Waals surface area contributed by atoms with Gasteiger partial charge in [0.15, 0.2) is 5.78 Å². The van der Waals surface area contributed by atoms with Gasteiger partial charge in [-0.3, -0.25) is 4.79 Å². The van der Waals surface area contributed by atoms with E-state index >= 15 is 0 Å². The largest absolute Gasteiger partial charge is 0.390 e. The van der Waals surface area contributed by atoms with Gasteiger partial charge in [0.25, 0.3) is 0 Å². The van der Waals surface area contributed by atoms with Gasteiger partial charge in [-0.1, -0.05) is 19.4 Å². The summed E-state index contributed by atoms with van der Waals surface area (Å²) in [5.41, 5.74) is -1.58. The second-order valence-electron chi connectivity index (χ2n) is 13.1. The lowest BCUT2D eigenvalue weighted by atomic mass is 9.47. The van der Waals surface area contributed by atoms with E-state index in [1.165, 1.54) is 5.57 Å². The standard InChI is InChI=1S/C27H44O6/c1-24(2,32)10-9-23(31)27(5,33)22-7-6-16-15-12-19(28)18-13-20(29)21(30)14-26(18,4)17(15)8-11-25(16,22)3/h12,16-18,20-23,29-33H,6-11,13-14H2,1-5H3/t16?,17?,18-,20+,21-,22-,23?,25-,26+,27?/m0/s1. The molecule has 0 radical (unpaired) electrons. The second kappa shape index (κ2) is 8.12. The maximum atomic E-state index is 13.2. The minimum Gasteiger partial charge on any atom is -0.390 e. The van der Waals surface area contributed by atoms with Crippen molar-refractivity contribution in [1.82, 2.24) is 0 Å². The molecule has 0 spiro atoms. The zero-order chi connectivity index (χ0) is 24.6. The molecule has 4 unspecified atom stereocenters. The third-order valence-electron chi connectivity index (χ3n) is 10.3. The molecule has 6 heteroatoms. The van der Waals surface area contributed by atoms with E-state index in [-0.39, 0.29) is 40.3 Å². The lowest BCUT2D eigenvalue weighted by Gasteiger charge is -2.58. The number of hydrogen-bond donors (Lipinski definition) is 5. The van der Waals surface area contributed by atoms with E-state index in [1.54, 1.807) is 20.8 Å². The Morgan fingerprint density at radius 2 is 1.64 bits per heavy atom. The first-order chi connectivity index (χ1) is 15.1. The summed E-state index contributed by atoms with van der Waals surface area (Å²) in [6, 6.07) is 0. The summed E-state index contributed by atoms with van der Waals surface area (Å²) in [7, 11) is 0. The van der Waals surface area contributed by atoms with Crippen LogP contribution in [0.15, 0.2) is 11.6 Å². The molecule has 6 nitrogen and oxygen atoms in total. The summed E-state index contributed by atoms with van der Waals surface area (Å²) in [5, 5.41) is 53.3. The number of ketones is 1. The lowest BCUT2D eigenvalue weighted by Crippen LogP contribution is -2.57. The highest BCUT2D eigenvalue weighted by atomic mass is 16.3. The van der Waals surface area contributed by atoms with Crippen molar-refractivity contribution in [2.45, 2.75) is 115 Å². The number of allylic oxidation sites excluding steroid dienone is 2. The number of rotatable bonds is 5. The maximum Gasteiger partial charge on any atom is 0.159 e. The molecular weight excluding hydrogens is 420 g/mol. The number of carbonyl (C=O) groups excluding carboxylic acids is 1. The molecule has 0 amide bonds. The van der Waals surface area contributed by atoms with Crippen LogP contribution in [-0.4, -0.2) is 60.8 Å². The van der Waals surface area contributed by atoms with Crippen molar-refractivity contribution in [3.8, 4) is 0 Å². The van der Waals surface area contributed by atoms with E-state index in [0.29, 0.717) is 25.7 Å². The first kappa shape index (κ1) is 25.3. The van der Waals surface area contributed by atoms with Gasteiger partial charge in [-0.2, -0.15) is 0 Å². The fourth-order valence-corrected chi connectivity index (χ4v) is 8.37. The van der Waals surface area contributed by atoms with E-state index in [9.17, 15) is 30.3 Å². The fraction of sp³-hybridized carbons (Fsp3) is 0.889. The lowest BCUT2D eigenvalue weighted by molar-refractivity contribution is -0.151. The van der Waals surface area contributed by atoms with E-state index in [1.807, 2.05) is 6.08 Å². The molecule has 188 valence electrons. The van der Waals surface area contributed by atoms with Crippen molar-refractivity contribution in [2.24, 2.45) is 34.5 Å². The summed E-state index contributed by atoms with van der Waals surface area (Å²) >= 11 is 0. The van der Waals surface area contributed by atoms with Crippen LogP contribution in [0.1, 0.15) is 86.0 Å². The molecular formula is C27H44O6. The highest BCUT2D eigenvalue weighted by Gasteiger charge is 2.63. The van der Waals surface area contributed by atoms with Crippen molar-refractivity contribution in [1.29, 1.82) is 0 Å². The van der Waals surface area contributed by atoms with Crippen molar-refractivity contribution >= 4 is 5.78 Å². The van der Waals surface area contributed by atoms with Crippen molar-refractivity contribution in [3.05, 3.63) is 11.6 Å². The van der Waals surface area contributed by atoms with E-state index in [0.717, 1.165) is 25.7 Å². The fourth-order valence-electron chi connectivity index (χ4n) is 8.37.